The van der Waals surface area contributed by atoms with Crippen LogP contribution in [0.25, 0.3) is 0 Å². The van der Waals surface area contributed by atoms with Crippen molar-refractivity contribution in [3.8, 4) is 5.75 Å². The molecule has 0 unspecified atom stereocenters. The number of methoxy groups -OCH3 is 1. The van der Waals surface area contributed by atoms with Gasteiger partial charge in [0.25, 0.3) is 0 Å². The van der Waals surface area contributed by atoms with Crippen LogP contribution < -0.4 is 14.8 Å². The molecule has 0 heterocycles. The van der Waals surface area contributed by atoms with Gasteiger partial charge in [0, 0.05) is 17.3 Å². The lowest BCUT2D eigenvalue weighted by molar-refractivity contribution is -0.118. The summed E-state index contributed by atoms with van der Waals surface area (Å²) in [7, 11) is -2.49. The van der Waals surface area contributed by atoms with E-state index < -0.39 is 38.9 Å². The SMILES string of the molecule is COc1ccc(NC(=O)C2(NS(=O)(=O)Cc3ccc(F)cc3F)CC2)cc1. The van der Waals surface area contributed by atoms with Gasteiger partial charge >= 0.3 is 0 Å². The summed E-state index contributed by atoms with van der Waals surface area (Å²) in [5.41, 5.74) is -0.930. The molecular weight excluding hydrogens is 378 g/mol. The predicted octanol–water partition coefficient (Wildman–Crippen LogP) is 2.56. The Balaban J connectivity index is 1.68. The van der Waals surface area contributed by atoms with E-state index in [2.05, 4.69) is 10.0 Å². The first-order valence-electron chi connectivity index (χ1n) is 8.14. The summed E-state index contributed by atoms with van der Waals surface area (Å²) in [6.45, 7) is 0. The van der Waals surface area contributed by atoms with Crippen molar-refractivity contribution in [1.29, 1.82) is 0 Å². The minimum atomic E-state index is -4.01. The Labute approximate surface area is 155 Å². The Morgan fingerprint density at radius 1 is 1.15 bits per heavy atom. The molecular formula is C18H18F2N2O4S. The fourth-order valence-corrected chi connectivity index (χ4v) is 4.21. The molecule has 0 aromatic heterocycles. The molecule has 1 fully saturated rings. The first kappa shape index (κ1) is 19.2. The summed E-state index contributed by atoms with van der Waals surface area (Å²) in [4.78, 5) is 12.5. The number of ether oxygens (including phenoxy) is 1. The van der Waals surface area contributed by atoms with Crippen LogP contribution in [-0.2, 0) is 20.6 Å². The lowest BCUT2D eigenvalue weighted by Crippen LogP contribution is -2.46. The molecule has 1 amide bonds. The molecule has 6 nitrogen and oxygen atoms in total. The second kappa shape index (κ2) is 7.24. The normalized spacial score (nSPS) is 15.2. The van der Waals surface area contributed by atoms with Crippen molar-refractivity contribution in [2.24, 2.45) is 0 Å². The molecule has 2 aromatic rings. The monoisotopic (exact) mass is 396 g/mol. The van der Waals surface area contributed by atoms with Gasteiger partial charge in [-0.15, -0.1) is 0 Å². The topological polar surface area (TPSA) is 84.5 Å². The molecule has 2 aromatic carbocycles. The minimum absolute atomic E-state index is 0.171. The molecule has 2 N–H and O–H groups in total. The maximum absolute atomic E-state index is 13.7. The van der Waals surface area contributed by atoms with Crippen LogP contribution >= 0.6 is 0 Å². The van der Waals surface area contributed by atoms with E-state index in [1.54, 1.807) is 24.3 Å². The third kappa shape index (κ3) is 4.61. The van der Waals surface area contributed by atoms with Gasteiger partial charge in [0.15, 0.2) is 0 Å². The molecule has 144 valence electrons. The van der Waals surface area contributed by atoms with Gasteiger partial charge in [-0.2, -0.15) is 4.72 Å². The average molecular weight is 396 g/mol. The maximum Gasteiger partial charge on any atom is 0.245 e. The van der Waals surface area contributed by atoms with E-state index in [9.17, 15) is 22.0 Å². The zero-order chi connectivity index (χ0) is 19.7. The Morgan fingerprint density at radius 2 is 1.81 bits per heavy atom. The van der Waals surface area contributed by atoms with E-state index >= 15 is 0 Å². The van der Waals surface area contributed by atoms with Crippen molar-refractivity contribution in [3.05, 3.63) is 59.7 Å². The van der Waals surface area contributed by atoms with Crippen molar-refractivity contribution in [3.63, 3.8) is 0 Å². The summed E-state index contributed by atoms with van der Waals surface area (Å²) in [6.07, 6.45) is 0.667. The molecule has 1 saturated carbocycles. The Bertz CT molecular complexity index is 958. The molecule has 0 spiro atoms. The average Bonchev–Trinajstić information content (AvgIpc) is 3.38. The largest absolute Gasteiger partial charge is 0.497 e. The second-order valence-corrected chi connectivity index (χ2v) is 8.08. The zero-order valence-corrected chi connectivity index (χ0v) is 15.3. The zero-order valence-electron chi connectivity index (χ0n) is 14.5. The highest BCUT2D eigenvalue weighted by Gasteiger charge is 2.52. The van der Waals surface area contributed by atoms with E-state index in [1.165, 1.54) is 7.11 Å². The number of sulfonamides is 1. The molecule has 0 bridgehead atoms. The van der Waals surface area contributed by atoms with Gasteiger partial charge in [0.2, 0.25) is 15.9 Å². The van der Waals surface area contributed by atoms with Crippen LogP contribution in [0.3, 0.4) is 0 Å². The van der Waals surface area contributed by atoms with Crippen LogP contribution in [0.2, 0.25) is 0 Å². The summed E-state index contributed by atoms with van der Waals surface area (Å²) in [5, 5.41) is 2.66. The highest BCUT2D eigenvalue weighted by atomic mass is 32.2. The number of rotatable bonds is 7. The highest BCUT2D eigenvalue weighted by Crippen LogP contribution is 2.37. The van der Waals surface area contributed by atoms with Crippen LogP contribution in [-0.4, -0.2) is 27.0 Å². The fraction of sp³-hybridized carbons (Fsp3) is 0.278. The Morgan fingerprint density at radius 3 is 2.37 bits per heavy atom. The van der Waals surface area contributed by atoms with Gasteiger partial charge in [-0.25, -0.2) is 17.2 Å². The van der Waals surface area contributed by atoms with Crippen molar-refractivity contribution in [2.75, 3.05) is 12.4 Å². The molecule has 0 saturated heterocycles. The smallest absolute Gasteiger partial charge is 0.245 e. The van der Waals surface area contributed by atoms with Crippen LogP contribution in [0, 0.1) is 11.6 Å². The molecule has 3 rings (SSSR count). The number of benzene rings is 2. The third-order valence-corrected chi connectivity index (χ3v) is 5.64. The van der Waals surface area contributed by atoms with Crippen molar-refractivity contribution < 1.29 is 26.7 Å². The van der Waals surface area contributed by atoms with Crippen molar-refractivity contribution >= 4 is 21.6 Å². The van der Waals surface area contributed by atoms with E-state index in [4.69, 9.17) is 4.74 Å². The Hall–Kier alpha value is -2.52. The number of hydrogen-bond donors (Lipinski definition) is 2. The van der Waals surface area contributed by atoms with Crippen LogP contribution in [0.1, 0.15) is 18.4 Å². The summed E-state index contributed by atoms with van der Waals surface area (Å²) in [6, 6.07) is 9.27. The summed E-state index contributed by atoms with van der Waals surface area (Å²) >= 11 is 0. The van der Waals surface area contributed by atoms with E-state index in [1.807, 2.05) is 0 Å². The van der Waals surface area contributed by atoms with E-state index in [-0.39, 0.29) is 5.56 Å². The van der Waals surface area contributed by atoms with Gasteiger partial charge in [-0.3, -0.25) is 4.79 Å². The first-order chi connectivity index (χ1) is 12.7. The molecule has 1 aliphatic carbocycles. The van der Waals surface area contributed by atoms with Gasteiger partial charge in [-0.1, -0.05) is 6.07 Å². The molecule has 27 heavy (non-hydrogen) atoms. The molecule has 0 atom stereocenters. The van der Waals surface area contributed by atoms with Gasteiger partial charge in [0.05, 0.1) is 12.9 Å². The summed E-state index contributed by atoms with van der Waals surface area (Å²) < 4.78 is 58.8. The lowest BCUT2D eigenvalue weighted by Gasteiger charge is -2.17. The minimum Gasteiger partial charge on any atom is -0.497 e. The number of amides is 1. The van der Waals surface area contributed by atoms with Crippen LogP contribution in [0.15, 0.2) is 42.5 Å². The third-order valence-electron chi connectivity index (χ3n) is 4.24. The van der Waals surface area contributed by atoms with E-state index in [0.29, 0.717) is 30.3 Å². The fourth-order valence-electron chi connectivity index (χ4n) is 2.60. The molecule has 1 aliphatic rings. The predicted molar refractivity (Wildman–Crippen MR) is 95.7 cm³/mol. The second-order valence-electron chi connectivity index (χ2n) is 6.36. The number of halogens is 2. The molecule has 0 aliphatic heterocycles. The summed E-state index contributed by atoms with van der Waals surface area (Å²) in [5.74, 6) is -2.30. The van der Waals surface area contributed by atoms with Crippen LogP contribution in [0.5, 0.6) is 5.75 Å². The highest BCUT2D eigenvalue weighted by molar-refractivity contribution is 7.88. The quantitative estimate of drug-likeness (QED) is 0.753. The van der Waals surface area contributed by atoms with Gasteiger partial charge in [-0.05, 0) is 43.2 Å². The standard InChI is InChI=1S/C18H18F2N2O4S/c1-26-15-6-4-14(5-7-15)21-17(23)18(8-9-18)22-27(24,25)11-12-2-3-13(19)10-16(12)20/h2-7,10,22H,8-9,11H2,1H3,(H,21,23). The molecule has 0 radical (unpaired) electrons. The Kier molecular flexibility index (Phi) is 5.16. The van der Waals surface area contributed by atoms with Gasteiger partial charge < -0.3 is 10.1 Å². The first-order valence-corrected chi connectivity index (χ1v) is 9.79. The molecule has 9 heteroatoms. The number of nitrogens with one attached hydrogen (secondary N) is 2. The number of carbonyl (C=O) groups is 1. The van der Waals surface area contributed by atoms with E-state index in [0.717, 1.165) is 12.1 Å². The van der Waals surface area contributed by atoms with Crippen molar-refractivity contribution in [2.45, 2.75) is 24.1 Å². The number of anilines is 1. The number of carbonyl (C=O) groups excluding carboxylic acids is 1. The lowest BCUT2D eigenvalue weighted by atomic mass is 10.2. The van der Waals surface area contributed by atoms with Gasteiger partial charge in [0.1, 0.15) is 22.9 Å². The van der Waals surface area contributed by atoms with Crippen LogP contribution in [0.4, 0.5) is 14.5 Å². The maximum atomic E-state index is 13.7. The van der Waals surface area contributed by atoms with Crippen molar-refractivity contribution in [1.82, 2.24) is 4.72 Å². The number of hydrogen-bond acceptors (Lipinski definition) is 4.